The number of aromatic nitrogens is 3. The molecule has 0 fully saturated rings. The molecular formula is C22H17N3O5. The highest BCUT2D eigenvalue weighted by Gasteiger charge is 2.21. The van der Waals surface area contributed by atoms with E-state index in [2.05, 4.69) is 9.97 Å². The number of hydrogen-bond donors (Lipinski definition) is 3. The second-order valence-corrected chi connectivity index (χ2v) is 6.45. The summed E-state index contributed by atoms with van der Waals surface area (Å²) in [5.41, 5.74) is -0.579. The number of hydrogen-bond acceptors (Lipinski definition) is 5. The first-order chi connectivity index (χ1) is 14.5. The van der Waals surface area contributed by atoms with Crippen molar-refractivity contribution >= 4 is 22.8 Å². The lowest BCUT2D eigenvalue weighted by Crippen LogP contribution is -2.32. The number of nitrogens with one attached hydrogen (secondary N) is 2. The number of para-hydroxylation sites is 3. The Balaban J connectivity index is 1.80. The zero-order valence-corrected chi connectivity index (χ0v) is 15.9. The summed E-state index contributed by atoms with van der Waals surface area (Å²) in [5, 5.41) is 11.6. The number of ketones is 1. The molecule has 0 atom stereocenters. The summed E-state index contributed by atoms with van der Waals surface area (Å²) >= 11 is 0. The van der Waals surface area contributed by atoms with Gasteiger partial charge in [0, 0.05) is 17.1 Å². The molecular weight excluding hydrogens is 386 g/mol. The van der Waals surface area contributed by atoms with Crippen LogP contribution in [0.25, 0.3) is 22.7 Å². The van der Waals surface area contributed by atoms with Crippen molar-refractivity contribution in [3.05, 3.63) is 92.8 Å². The monoisotopic (exact) mass is 403 g/mol. The number of fused-ring (bicyclic) bond motifs is 1. The molecule has 4 rings (SSSR count). The van der Waals surface area contributed by atoms with Crippen molar-refractivity contribution in [3.8, 4) is 17.3 Å². The highest BCUT2D eigenvalue weighted by Crippen LogP contribution is 2.25. The Kier molecular flexibility index (Phi) is 4.81. The molecule has 0 spiro atoms. The second-order valence-electron chi connectivity index (χ2n) is 6.45. The first-order valence-electron chi connectivity index (χ1n) is 9.01. The SMILES string of the molecule is COc1ccccc1-n1c(O)c(C(=O)/C=C/c2c[nH]c3ccccc23)c(=O)[nH]c1=O. The van der Waals surface area contributed by atoms with Crippen molar-refractivity contribution in [2.24, 2.45) is 0 Å². The third-order valence-corrected chi connectivity index (χ3v) is 4.69. The van der Waals surface area contributed by atoms with E-state index in [4.69, 9.17) is 4.74 Å². The van der Waals surface area contributed by atoms with Crippen molar-refractivity contribution < 1.29 is 14.6 Å². The maximum Gasteiger partial charge on any atom is 0.335 e. The van der Waals surface area contributed by atoms with Gasteiger partial charge in [-0.3, -0.25) is 14.6 Å². The fraction of sp³-hybridized carbons (Fsp3) is 0.0455. The van der Waals surface area contributed by atoms with E-state index in [-0.39, 0.29) is 11.4 Å². The van der Waals surface area contributed by atoms with Gasteiger partial charge in [-0.2, -0.15) is 0 Å². The Bertz CT molecular complexity index is 1410. The van der Waals surface area contributed by atoms with E-state index in [1.807, 2.05) is 24.3 Å². The van der Waals surface area contributed by atoms with Crippen LogP contribution in [-0.4, -0.2) is 32.5 Å². The summed E-state index contributed by atoms with van der Waals surface area (Å²) in [4.78, 5) is 42.6. The number of H-pyrrole nitrogens is 2. The summed E-state index contributed by atoms with van der Waals surface area (Å²) in [6, 6.07) is 14.0. The van der Waals surface area contributed by atoms with Gasteiger partial charge in [0.25, 0.3) is 5.56 Å². The zero-order valence-electron chi connectivity index (χ0n) is 15.9. The molecule has 0 unspecified atom stereocenters. The molecule has 0 amide bonds. The number of aromatic hydroxyl groups is 1. The molecule has 0 radical (unpaired) electrons. The number of ether oxygens (including phenoxy) is 1. The molecule has 8 heteroatoms. The Labute approximate surface area is 169 Å². The minimum atomic E-state index is -0.975. The van der Waals surface area contributed by atoms with Crippen LogP contribution in [0.5, 0.6) is 11.6 Å². The first kappa shape index (κ1) is 19.0. The van der Waals surface area contributed by atoms with Crippen LogP contribution in [0.2, 0.25) is 0 Å². The number of rotatable bonds is 5. The first-order valence-corrected chi connectivity index (χ1v) is 9.01. The van der Waals surface area contributed by atoms with Gasteiger partial charge >= 0.3 is 5.69 Å². The van der Waals surface area contributed by atoms with Crippen LogP contribution in [0.15, 0.2) is 70.4 Å². The molecule has 30 heavy (non-hydrogen) atoms. The highest BCUT2D eigenvalue weighted by molar-refractivity contribution is 6.09. The Morgan fingerprint density at radius 2 is 1.83 bits per heavy atom. The van der Waals surface area contributed by atoms with Gasteiger partial charge in [0.1, 0.15) is 11.3 Å². The normalized spacial score (nSPS) is 11.2. The summed E-state index contributed by atoms with van der Waals surface area (Å²) in [7, 11) is 1.41. The molecule has 0 saturated heterocycles. The van der Waals surface area contributed by atoms with E-state index in [1.165, 1.54) is 19.3 Å². The lowest BCUT2D eigenvalue weighted by Gasteiger charge is -2.13. The maximum atomic E-state index is 12.7. The molecule has 0 aliphatic rings. The average molecular weight is 403 g/mol. The summed E-state index contributed by atoms with van der Waals surface area (Å²) in [6.07, 6.45) is 4.45. The van der Waals surface area contributed by atoms with E-state index in [1.54, 1.807) is 30.5 Å². The molecule has 2 aromatic carbocycles. The minimum Gasteiger partial charge on any atom is -0.495 e. The molecule has 3 N–H and O–H groups in total. The van der Waals surface area contributed by atoms with Crippen molar-refractivity contribution in [1.82, 2.24) is 14.5 Å². The maximum absolute atomic E-state index is 12.7. The van der Waals surface area contributed by atoms with Gasteiger partial charge in [0.2, 0.25) is 5.88 Å². The van der Waals surface area contributed by atoms with Crippen molar-refractivity contribution in [3.63, 3.8) is 0 Å². The van der Waals surface area contributed by atoms with Crippen molar-refractivity contribution in [2.45, 2.75) is 0 Å². The van der Waals surface area contributed by atoms with Crippen molar-refractivity contribution in [1.29, 1.82) is 0 Å². The van der Waals surface area contributed by atoms with E-state index in [0.717, 1.165) is 21.0 Å². The van der Waals surface area contributed by atoms with Crippen LogP contribution >= 0.6 is 0 Å². The molecule has 0 bridgehead atoms. The third kappa shape index (κ3) is 3.20. The molecule has 8 nitrogen and oxygen atoms in total. The van der Waals surface area contributed by atoms with Crippen LogP contribution in [-0.2, 0) is 0 Å². The number of carbonyl (C=O) groups is 1. The van der Waals surface area contributed by atoms with Gasteiger partial charge in [-0.15, -0.1) is 0 Å². The van der Waals surface area contributed by atoms with Gasteiger partial charge < -0.3 is 14.8 Å². The fourth-order valence-electron chi connectivity index (χ4n) is 3.27. The lowest BCUT2D eigenvalue weighted by atomic mass is 10.1. The topological polar surface area (TPSA) is 117 Å². The van der Waals surface area contributed by atoms with Crippen LogP contribution in [0, 0.1) is 0 Å². The van der Waals surface area contributed by atoms with E-state index in [0.29, 0.717) is 0 Å². The van der Waals surface area contributed by atoms with Gasteiger partial charge in [0.05, 0.1) is 12.8 Å². The largest absolute Gasteiger partial charge is 0.495 e. The van der Waals surface area contributed by atoms with Crippen molar-refractivity contribution in [2.75, 3.05) is 7.11 Å². The van der Waals surface area contributed by atoms with Crippen LogP contribution < -0.4 is 16.0 Å². The fourth-order valence-corrected chi connectivity index (χ4v) is 3.27. The number of carbonyl (C=O) groups excluding carboxylic acids is 1. The van der Waals surface area contributed by atoms with E-state index < -0.39 is 28.5 Å². The van der Waals surface area contributed by atoms with Gasteiger partial charge in [-0.05, 0) is 35.9 Å². The number of nitrogens with zero attached hydrogens (tertiary/aromatic N) is 1. The third-order valence-electron chi connectivity index (χ3n) is 4.69. The molecule has 4 aromatic rings. The van der Waals surface area contributed by atoms with E-state index in [9.17, 15) is 19.5 Å². The Morgan fingerprint density at radius 1 is 1.10 bits per heavy atom. The zero-order chi connectivity index (χ0) is 21.3. The Morgan fingerprint density at radius 3 is 2.63 bits per heavy atom. The molecule has 2 heterocycles. The molecule has 150 valence electrons. The number of methoxy groups -OCH3 is 1. The average Bonchev–Trinajstić information content (AvgIpc) is 3.15. The summed E-state index contributed by atoms with van der Waals surface area (Å²) in [5.74, 6) is -1.22. The minimum absolute atomic E-state index is 0.188. The van der Waals surface area contributed by atoms with Gasteiger partial charge in [-0.1, -0.05) is 30.3 Å². The molecule has 0 aliphatic heterocycles. The summed E-state index contributed by atoms with van der Waals surface area (Å²) < 4.78 is 6.04. The number of benzene rings is 2. The smallest absolute Gasteiger partial charge is 0.335 e. The molecule has 2 aromatic heterocycles. The van der Waals surface area contributed by atoms with Crippen LogP contribution in [0.3, 0.4) is 0 Å². The predicted octanol–water partition coefficient (Wildman–Crippen LogP) is 2.62. The predicted molar refractivity (Wildman–Crippen MR) is 113 cm³/mol. The standard InChI is InChI=1S/C22H17N3O5/c1-30-18-9-5-4-8-16(18)25-21(28)19(20(27)24-22(25)29)17(26)11-10-13-12-23-15-7-3-2-6-14(13)15/h2-12,23,28H,1H3,(H,24,27,29)/b11-10+. The van der Waals surface area contributed by atoms with Crippen LogP contribution in [0.1, 0.15) is 15.9 Å². The highest BCUT2D eigenvalue weighted by atomic mass is 16.5. The number of allylic oxidation sites excluding steroid dienone is 1. The van der Waals surface area contributed by atoms with Crippen LogP contribution in [0.4, 0.5) is 0 Å². The van der Waals surface area contributed by atoms with Gasteiger partial charge in [0.15, 0.2) is 5.78 Å². The molecule has 0 aliphatic carbocycles. The molecule has 0 saturated carbocycles. The van der Waals surface area contributed by atoms with Gasteiger partial charge in [-0.25, -0.2) is 9.36 Å². The second kappa shape index (κ2) is 7.59. The van der Waals surface area contributed by atoms with E-state index >= 15 is 0 Å². The Hall–Kier alpha value is -4.33. The lowest BCUT2D eigenvalue weighted by molar-refractivity contribution is 0.104. The number of aromatic amines is 2. The quantitative estimate of drug-likeness (QED) is 0.350. The summed E-state index contributed by atoms with van der Waals surface area (Å²) in [6.45, 7) is 0.